The molecule has 0 aliphatic rings. The second kappa shape index (κ2) is 75.8. The van der Waals surface area contributed by atoms with Crippen molar-refractivity contribution in [1.82, 2.24) is 90.5 Å². The van der Waals surface area contributed by atoms with Crippen LogP contribution >= 0.6 is 11.8 Å². The topological polar surface area (TPSA) is 703 Å². The third-order valence-corrected chi connectivity index (χ3v) is 23.8. The Morgan fingerprint density at radius 1 is 0.221 bits per heavy atom. The lowest BCUT2D eigenvalue weighted by atomic mass is 9.98. The first kappa shape index (κ1) is 131. The standard InChI is InChI=1S/C97H187N25O17S/c1-58(2)49-66(104)83(125)108-68(34-21-27-42-99)85(127)110-70(36-23-29-44-101)87(129)115-78(54-63(11)12)95(137)120-76(52-61(7)8)93(135)113-72(38-25-31-46-103)89(131)117-80(56-65(15)16)96(138)119-75(51-60(5)6)92(134)112-69(35-22-28-43-100)86(128)111-71(37-24-30-45-102)88(130)116-79(55-64(13)14)97(139)121-77(53-62(9)10)94(136)114-73(40-48-140-17)90(132)118-74(50-59(3)4)91(133)109-67(33-20-26-41-98)84(126)107-57-82(124)106-47-32-18-19-39-81(123)122-105/h58-80H,18-57,98-105H2,1-17H3,(H,106,124)(H,107,126)(H,108,125)(H,109,133)(H,110,127)(H,111,128)(H,112,134)(H,113,135)(H,114,136)(H,115,129)(H,116,130)(H,117,131)(H,118,132)(H,119,138)(H,120,137)(H,121,139)(H,122,123)/t66-,67-,68-,69-,70-,71-,72-,73-,74-,75-,76-,77-,78-,79-,80-/m0/s1. The Balaban J connectivity index is 7.39. The second-order valence-electron chi connectivity index (χ2n) is 40.4. The summed E-state index contributed by atoms with van der Waals surface area (Å²) in [5, 5.41) is 44.9. The van der Waals surface area contributed by atoms with E-state index in [9.17, 15) is 81.5 Å². The van der Waals surface area contributed by atoms with Gasteiger partial charge < -0.3 is 125 Å². The number of thioether (sulfide) groups is 1. The highest BCUT2D eigenvalue weighted by Crippen LogP contribution is 2.20. The molecule has 0 bridgehead atoms. The van der Waals surface area contributed by atoms with Crippen LogP contribution in [0, 0.1) is 47.3 Å². The largest absolute Gasteiger partial charge is 0.355 e. The fourth-order valence-corrected chi connectivity index (χ4v) is 16.1. The maximum Gasteiger partial charge on any atom is 0.243 e. The minimum atomic E-state index is -1.34. The Kier molecular flexibility index (Phi) is 70.9. The third kappa shape index (κ3) is 59.2. The molecule has 0 spiro atoms. The van der Waals surface area contributed by atoms with Gasteiger partial charge in [0.05, 0.1) is 12.6 Å². The molecule has 0 unspecified atom stereocenters. The van der Waals surface area contributed by atoms with Crippen molar-refractivity contribution in [1.29, 1.82) is 0 Å². The van der Waals surface area contributed by atoms with Crippen LogP contribution in [0.4, 0.5) is 0 Å². The van der Waals surface area contributed by atoms with Crippen LogP contribution in [-0.4, -0.2) is 255 Å². The summed E-state index contributed by atoms with van der Waals surface area (Å²) in [5.74, 6) is -7.46. The molecule has 43 heteroatoms. The van der Waals surface area contributed by atoms with E-state index in [1.165, 1.54) is 11.8 Å². The molecule has 0 aromatic heterocycles. The molecule has 0 aliphatic heterocycles. The molecule has 42 nitrogen and oxygen atoms in total. The van der Waals surface area contributed by atoms with Crippen LogP contribution in [0.15, 0.2) is 0 Å². The first-order chi connectivity index (χ1) is 66.1. The number of unbranched alkanes of at least 4 members (excludes halogenated alkanes) is 8. The summed E-state index contributed by atoms with van der Waals surface area (Å²) in [6.07, 6.45) is 10.5. The Bertz CT molecular complexity index is 3680. The van der Waals surface area contributed by atoms with Gasteiger partial charge in [0.2, 0.25) is 100 Å². The van der Waals surface area contributed by atoms with Crippen molar-refractivity contribution in [3.05, 3.63) is 0 Å². The monoisotopic (exact) mass is 2010 g/mol. The van der Waals surface area contributed by atoms with Gasteiger partial charge in [0, 0.05) is 13.0 Å². The maximum atomic E-state index is 15.0. The highest BCUT2D eigenvalue weighted by molar-refractivity contribution is 7.98. The van der Waals surface area contributed by atoms with E-state index in [4.69, 9.17) is 46.0 Å². The van der Waals surface area contributed by atoms with Crippen LogP contribution in [-0.2, 0) is 81.5 Å². The van der Waals surface area contributed by atoms with Crippen molar-refractivity contribution in [2.24, 2.45) is 93.3 Å². The number of hydrogen-bond donors (Lipinski definition) is 25. The lowest BCUT2D eigenvalue weighted by Gasteiger charge is -2.30. The van der Waals surface area contributed by atoms with Crippen molar-refractivity contribution in [2.75, 3.05) is 64.4 Å². The first-order valence-electron chi connectivity index (χ1n) is 51.4. The van der Waals surface area contributed by atoms with Gasteiger partial charge in [0.15, 0.2) is 0 Å². The van der Waals surface area contributed by atoms with Crippen LogP contribution < -0.4 is 136 Å². The van der Waals surface area contributed by atoms with Gasteiger partial charge in [0.1, 0.15) is 84.6 Å². The van der Waals surface area contributed by atoms with Crippen molar-refractivity contribution in [3.8, 4) is 0 Å². The van der Waals surface area contributed by atoms with Gasteiger partial charge in [0.25, 0.3) is 0 Å². The number of nitrogens with two attached hydrogens (primary N) is 8. The molecule has 0 aromatic carbocycles. The van der Waals surface area contributed by atoms with E-state index in [-0.39, 0.29) is 169 Å². The molecule has 0 aromatic rings. The fourth-order valence-electron chi connectivity index (χ4n) is 15.7. The quantitative estimate of drug-likeness (QED) is 0.0173. The first-order valence-corrected chi connectivity index (χ1v) is 52.8. The normalized spacial score (nSPS) is 14.8. The number of hydrazine groups is 1. The van der Waals surface area contributed by atoms with E-state index < -0.39 is 192 Å². The van der Waals surface area contributed by atoms with Crippen LogP contribution in [0.3, 0.4) is 0 Å². The van der Waals surface area contributed by atoms with E-state index in [0.29, 0.717) is 135 Å². The molecule has 0 saturated heterocycles. The van der Waals surface area contributed by atoms with Crippen molar-refractivity contribution >= 4 is 112 Å². The molecule has 0 aliphatic carbocycles. The Morgan fingerprint density at radius 2 is 0.421 bits per heavy atom. The number of rotatable bonds is 80. The summed E-state index contributed by atoms with van der Waals surface area (Å²) in [6, 6.07) is -18.5. The van der Waals surface area contributed by atoms with E-state index >= 15 is 0 Å². The second-order valence-corrected chi connectivity index (χ2v) is 41.4. The summed E-state index contributed by atoms with van der Waals surface area (Å²) in [7, 11) is 0. The maximum absolute atomic E-state index is 15.0. The summed E-state index contributed by atoms with van der Waals surface area (Å²) >= 11 is 1.40. The zero-order valence-electron chi connectivity index (χ0n) is 87.5. The van der Waals surface area contributed by atoms with Crippen molar-refractivity contribution in [2.45, 2.75) is 400 Å². The van der Waals surface area contributed by atoms with Gasteiger partial charge in [-0.25, -0.2) is 5.84 Å². The van der Waals surface area contributed by atoms with Gasteiger partial charge in [-0.1, -0.05) is 117 Å². The van der Waals surface area contributed by atoms with E-state index in [1.54, 1.807) is 0 Å². The molecule has 0 rings (SSSR count). The number of amides is 17. The van der Waals surface area contributed by atoms with Gasteiger partial charge in [-0.05, 0) is 285 Å². The lowest BCUT2D eigenvalue weighted by Crippen LogP contribution is -2.61. The van der Waals surface area contributed by atoms with E-state index in [1.807, 2.05) is 117 Å². The van der Waals surface area contributed by atoms with Gasteiger partial charge in [-0.15, -0.1) is 0 Å². The number of nitrogens with one attached hydrogen (secondary N) is 17. The molecular formula is C97H187N25O17S. The molecule has 0 heterocycles. The molecule has 140 heavy (non-hydrogen) atoms. The van der Waals surface area contributed by atoms with Crippen LogP contribution in [0.25, 0.3) is 0 Å². The highest BCUT2D eigenvalue weighted by atomic mass is 32.2. The molecule has 17 amide bonds. The summed E-state index contributed by atoms with van der Waals surface area (Å²) in [6.45, 7) is 31.0. The SMILES string of the molecule is CSCC[C@H](NC(=O)[C@H](CC(C)C)NC(=O)[C@H](CC(C)C)NC(=O)[C@H](CCCCN)NC(=O)[C@H](CCCCN)NC(=O)[C@H](CC(C)C)NC(=O)[C@H](CC(C)C)NC(=O)[C@H](CCCCN)NC(=O)[C@H](CC(C)C)NC(=O)[C@H](CC(C)C)NC(=O)[C@H](CCCCN)NC(=O)[C@H](CCCCN)NC(=O)[C@@H](N)CC(C)C)C(=O)N[C@@H](CC(C)C)C(=O)N[C@@H](CCCCN)C(=O)NCC(=O)NCCCCCC(=O)NN. The van der Waals surface area contributed by atoms with Crippen molar-refractivity contribution in [3.63, 3.8) is 0 Å². The summed E-state index contributed by atoms with van der Waals surface area (Å²) in [4.78, 5) is 243. The van der Waals surface area contributed by atoms with Crippen molar-refractivity contribution < 1.29 is 81.5 Å². The molecule has 33 N–H and O–H groups in total. The predicted octanol–water partition coefficient (Wildman–Crippen LogP) is 0.780. The molecule has 0 radical (unpaired) electrons. The Hall–Kier alpha value is -8.98. The minimum absolute atomic E-state index is 0.0124. The Morgan fingerprint density at radius 3 is 0.629 bits per heavy atom. The molecule has 0 saturated carbocycles. The summed E-state index contributed by atoms with van der Waals surface area (Å²) in [5.41, 5.74) is 43.6. The Labute approximate surface area is 838 Å². The molecule has 808 valence electrons. The average molecular weight is 2010 g/mol. The van der Waals surface area contributed by atoms with E-state index in [2.05, 4.69) is 90.5 Å². The fraction of sp³-hybridized carbons (Fsp3) is 0.825. The van der Waals surface area contributed by atoms with Crippen LogP contribution in [0.5, 0.6) is 0 Å². The minimum Gasteiger partial charge on any atom is -0.355 e. The zero-order chi connectivity index (χ0) is 106. The average Bonchev–Trinajstić information content (AvgIpc) is 0.771. The van der Waals surface area contributed by atoms with Crippen LogP contribution in [0.1, 0.15) is 310 Å². The molecule has 15 atom stereocenters. The smallest absolute Gasteiger partial charge is 0.243 e. The molecular weight excluding hydrogens is 1820 g/mol. The number of carbonyl (C=O) groups is 17. The van der Waals surface area contributed by atoms with Crippen LogP contribution in [0.2, 0.25) is 0 Å². The molecule has 0 fully saturated rings. The number of hydrogen-bond acceptors (Lipinski definition) is 26. The predicted molar refractivity (Wildman–Crippen MR) is 548 cm³/mol. The zero-order valence-corrected chi connectivity index (χ0v) is 88.3. The number of carbonyl (C=O) groups excluding carboxylic acids is 17. The lowest BCUT2D eigenvalue weighted by molar-refractivity contribution is -0.137. The van der Waals surface area contributed by atoms with E-state index in [0.717, 1.165) is 0 Å². The van der Waals surface area contributed by atoms with Gasteiger partial charge in [-0.2, -0.15) is 11.8 Å². The van der Waals surface area contributed by atoms with Gasteiger partial charge >= 0.3 is 0 Å². The third-order valence-electron chi connectivity index (χ3n) is 23.2. The highest BCUT2D eigenvalue weighted by Gasteiger charge is 2.40. The summed E-state index contributed by atoms with van der Waals surface area (Å²) < 4.78 is 0. The van der Waals surface area contributed by atoms with Gasteiger partial charge in [-0.3, -0.25) is 86.9 Å².